The molecule has 3 fully saturated rings. The fourth-order valence-electron chi connectivity index (χ4n) is 6.48. The van der Waals surface area contributed by atoms with E-state index in [0.717, 1.165) is 55.5 Å². The molecule has 2 aliphatic carbocycles. The molecule has 3 aromatic rings. The Kier molecular flexibility index (Phi) is 5.04. The van der Waals surface area contributed by atoms with Crippen LogP contribution in [0.15, 0.2) is 47.8 Å². The third kappa shape index (κ3) is 3.83. The van der Waals surface area contributed by atoms with Crippen LogP contribution in [0.3, 0.4) is 0 Å². The highest BCUT2D eigenvalue weighted by molar-refractivity contribution is 6.02. The molecule has 1 unspecified atom stereocenters. The highest BCUT2D eigenvalue weighted by atomic mass is 16.7. The standard InChI is InChI=1S/C30H33N3O3/c1-18-14-23(19-2-3-19)15-24-25(17-31-27(18)24)28(21-6-7-21)33-12-10-30(11-13-33)16-26(32-36-30)20-4-8-22(9-5-20)29(34)35/h4-5,8-9,14-15,17,19,21,28,31H,2-3,6-7,10-13,16H2,1H3,(H,34,35). The smallest absolute Gasteiger partial charge is 0.335 e. The molecule has 2 aliphatic heterocycles. The van der Waals surface area contributed by atoms with E-state index in [4.69, 9.17) is 4.84 Å². The van der Waals surface area contributed by atoms with Gasteiger partial charge in [0.1, 0.15) is 5.60 Å². The van der Waals surface area contributed by atoms with Gasteiger partial charge in [-0.2, -0.15) is 0 Å². The molecular formula is C30H33N3O3. The number of fused-ring (bicyclic) bond motifs is 1. The number of oxime groups is 1. The molecule has 4 aliphatic rings. The maximum Gasteiger partial charge on any atom is 0.335 e. The minimum Gasteiger partial charge on any atom is -0.478 e. The van der Waals surface area contributed by atoms with Crippen molar-refractivity contribution < 1.29 is 14.7 Å². The van der Waals surface area contributed by atoms with Crippen molar-refractivity contribution in [3.05, 3.63) is 70.4 Å². The lowest BCUT2D eigenvalue weighted by atomic mass is 9.84. The SMILES string of the molecule is Cc1cc(C2CC2)cc2c(C(C3CC3)N3CCC4(CC3)CC(c3ccc(C(=O)O)cc3)=NO4)c[nH]c12. The van der Waals surface area contributed by atoms with Crippen LogP contribution in [-0.4, -0.2) is 45.4 Å². The first-order chi connectivity index (χ1) is 17.5. The lowest BCUT2D eigenvalue weighted by Crippen LogP contribution is -2.46. The van der Waals surface area contributed by atoms with Crippen molar-refractivity contribution in [2.24, 2.45) is 11.1 Å². The van der Waals surface area contributed by atoms with Crippen molar-refractivity contribution in [1.29, 1.82) is 0 Å². The van der Waals surface area contributed by atoms with E-state index in [-0.39, 0.29) is 5.60 Å². The molecular weight excluding hydrogens is 450 g/mol. The Bertz CT molecular complexity index is 1360. The summed E-state index contributed by atoms with van der Waals surface area (Å²) in [6, 6.07) is 12.3. The first kappa shape index (κ1) is 22.1. The number of carbonyl (C=O) groups is 1. The van der Waals surface area contributed by atoms with Crippen LogP contribution in [0.25, 0.3) is 10.9 Å². The van der Waals surface area contributed by atoms with Crippen LogP contribution >= 0.6 is 0 Å². The maximum atomic E-state index is 11.2. The molecule has 1 spiro atoms. The van der Waals surface area contributed by atoms with Crippen LogP contribution < -0.4 is 0 Å². The summed E-state index contributed by atoms with van der Waals surface area (Å²) in [5.41, 5.74) is 7.62. The summed E-state index contributed by atoms with van der Waals surface area (Å²) >= 11 is 0. The summed E-state index contributed by atoms with van der Waals surface area (Å²) in [6.45, 7) is 4.27. The van der Waals surface area contributed by atoms with E-state index >= 15 is 0 Å². The molecule has 0 bridgehead atoms. The van der Waals surface area contributed by atoms with Gasteiger partial charge in [-0.3, -0.25) is 4.90 Å². The van der Waals surface area contributed by atoms with Gasteiger partial charge in [0.15, 0.2) is 0 Å². The summed E-state index contributed by atoms with van der Waals surface area (Å²) in [5.74, 6) is 0.598. The van der Waals surface area contributed by atoms with Gasteiger partial charge in [0.25, 0.3) is 0 Å². The van der Waals surface area contributed by atoms with Gasteiger partial charge in [0.2, 0.25) is 0 Å². The molecule has 0 radical (unpaired) electrons. The molecule has 1 aromatic heterocycles. The number of carboxylic acid groups (broad SMARTS) is 1. The lowest BCUT2D eigenvalue weighted by Gasteiger charge is -2.41. The molecule has 36 heavy (non-hydrogen) atoms. The molecule has 7 rings (SSSR count). The van der Waals surface area contributed by atoms with Gasteiger partial charge in [0, 0.05) is 55.5 Å². The van der Waals surface area contributed by atoms with E-state index in [1.54, 1.807) is 12.1 Å². The predicted octanol–water partition coefficient (Wildman–Crippen LogP) is 6.16. The van der Waals surface area contributed by atoms with Gasteiger partial charge in [-0.15, -0.1) is 0 Å². The van der Waals surface area contributed by atoms with Crippen molar-refractivity contribution in [3.63, 3.8) is 0 Å². The zero-order valence-electron chi connectivity index (χ0n) is 20.8. The molecule has 1 atom stereocenters. The molecule has 186 valence electrons. The third-order valence-corrected chi connectivity index (χ3v) is 8.88. The van der Waals surface area contributed by atoms with Crippen LogP contribution in [0.2, 0.25) is 0 Å². The van der Waals surface area contributed by atoms with Crippen LogP contribution in [0.4, 0.5) is 0 Å². The Morgan fingerprint density at radius 2 is 1.89 bits per heavy atom. The van der Waals surface area contributed by atoms with Crippen LogP contribution in [0.1, 0.15) is 89.5 Å². The second-order valence-corrected chi connectivity index (χ2v) is 11.5. The zero-order chi connectivity index (χ0) is 24.4. The number of hydrogen-bond donors (Lipinski definition) is 2. The predicted molar refractivity (Wildman–Crippen MR) is 140 cm³/mol. The van der Waals surface area contributed by atoms with E-state index in [1.165, 1.54) is 53.3 Å². The minimum absolute atomic E-state index is 0.235. The Morgan fingerprint density at radius 1 is 1.14 bits per heavy atom. The summed E-state index contributed by atoms with van der Waals surface area (Å²) in [5, 5.41) is 15.1. The summed E-state index contributed by atoms with van der Waals surface area (Å²) in [4.78, 5) is 23.6. The van der Waals surface area contributed by atoms with Crippen LogP contribution in [0.5, 0.6) is 0 Å². The Balaban J connectivity index is 1.09. The van der Waals surface area contributed by atoms with Gasteiger partial charge in [-0.1, -0.05) is 23.4 Å². The summed E-state index contributed by atoms with van der Waals surface area (Å²) in [7, 11) is 0. The van der Waals surface area contributed by atoms with E-state index in [0.29, 0.717) is 11.6 Å². The zero-order valence-corrected chi connectivity index (χ0v) is 20.8. The van der Waals surface area contributed by atoms with E-state index < -0.39 is 5.97 Å². The summed E-state index contributed by atoms with van der Waals surface area (Å²) < 4.78 is 0. The van der Waals surface area contributed by atoms with Crippen molar-refractivity contribution in [1.82, 2.24) is 9.88 Å². The van der Waals surface area contributed by atoms with E-state index in [9.17, 15) is 9.90 Å². The highest BCUT2D eigenvalue weighted by Gasteiger charge is 2.46. The molecule has 6 heteroatoms. The van der Waals surface area contributed by atoms with Crippen LogP contribution in [0, 0.1) is 12.8 Å². The maximum absolute atomic E-state index is 11.2. The number of aromatic nitrogens is 1. The molecule has 2 aromatic carbocycles. The minimum atomic E-state index is -0.908. The number of rotatable bonds is 6. The number of piperidine rings is 1. The number of nitrogens with zero attached hydrogens (tertiary/aromatic N) is 2. The third-order valence-electron chi connectivity index (χ3n) is 8.88. The summed E-state index contributed by atoms with van der Waals surface area (Å²) in [6.07, 6.45) is 10.3. The Morgan fingerprint density at radius 3 is 2.56 bits per heavy atom. The first-order valence-corrected chi connectivity index (χ1v) is 13.4. The molecule has 1 saturated heterocycles. The molecule has 3 heterocycles. The van der Waals surface area contributed by atoms with E-state index in [1.807, 2.05) is 12.1 Å². The number of aryl methyl sites for hydroxylation is 1. The van der Waals surface area contributed by atoms with Gasteiger partial charge in [0.05, 0.1) is 11.3 Å². The van der Waals surface area contributed by atoms with Gasteiger partial charge in [-0.25, -0.2) is 4.79 Å². The molecule has 2 N–H and O–H groups in total. The average molecular weight is 484 g/mol. The second kappa shape index (κ2) is 8.20. The topological polar surface area (TPSA) is 77.9 Å². The molecule has 6 nitrogen and oxygen atoms in total. The molecule has 0 amide bonds. The van der Waals surface area contributed by atoms with E-state index in [2.05, 4.69) is 40.3 Å². The first-order valence-electron chi connectivity index (χ1n) is 13.4. The van der Waals surface area contributed by atoms with Gasteiger partial charge >= 0.3 is 5.97 Å². The number of aromatic amines is 1. The van der Waals surface area contributed by atoms with Gasteiger partial charge < -0.3 is 14.9 Å². The lowest BCUT2D eigenvalue weighted by molar-refractivity contribution is -0.0695. The number of nitrogens with one attached hydrogen (secondary N) is 1. The number of aromatic carboxylic acids is 1. The monoisotopic (exact) mass is 483 g/mol. The van der Waals surface area contributed by atoms with Crippen molar-refractivity contribution in [3.8, 4) is 0 Å². The second-order valence-electron chi connectivity index (χ2n) is 11.5. The van der Waals surface area contributed by atoms with Gasteiger partial charge in [-0.05, 0) is 84.9 Å². The number of carboxylic acids is 1. The highest BCUT2D eigenvalue weighted by Crippen LogP contribution is 2.50. The Hall–Kier alpha value is -3.12. The normalized spacial score (nSPS) is 22.5. The number of hydrogen-bond acceptors (Lipinski definition) is 4. The van der Waals surface area contributed by atoms with Crippen molar-refractivity contribution in [2.45, 2.75) is 69.4 Å². The number of benzene rings is 2. The average Bonchev–Trinajstić information content (AvgIpc) is 3.82. The quantitative estimate of drug-likeness (QED) is 0.440. The number of H-pyrrole nitrogens is 1. The Labute approximate surface area is 211 Å². The number of likely N-dealkylation sites (tertiary alicyclic amines) is 1. The van der Waals surface area contributed by atoms with Crippen molar-refractivity contribution >= 4 is 22.6 Å². The molecule has 2 saturated carbocycles. The fraction of sp³-hybridized carbons (Fsp3) is 0.467. The fourth-order valence-corrected chi connectivity index (χ4v) is 6.48. The van der Waals surface area contributed by atoms with Crippen molar-refractivity contribution in [2.75, 3.05) is 13.1 Å². The van der Waals surface area contributed by atoms with Crippen LogP contribution in [-0.2, 0) is 4.84 Å². The largest absolute Gasteiger partial charge is 0.478 e.